The molecule has 2 atom stereocenters. The molecule has 0 bridgehead atoms. The Hall–Kier alpha value is -6.27. The molecule has 2 aromatic rings. The summed E-state index contributed by atoms with van der Waals surface area (Å²) in [4.78, 5) is 46.2. The van der Waals surface area contributed by atoms with Gasteiger partial charge in [-0.1, -0.05) is 12.2 Å². The molecule has 0 fully saturated rings. The smallest absolute Gasteiger partial charge is 0.323 e. The number of anilines is 2. The zero-order valence-electron chi connectivity index (χ0n) is 26.4. The molecule has 6 N–H and O–H groups in total. The molecule has 6 rings (SSSR count). The number of nitrogens with zero attached hydrogens (tertiary/aromatic N) is 2. The number of aliphatic imine (C=N–C) groups is 2. The van der Waals surface area contributed by atoms with Gasteiger partial charge in [0, 0.05) is 33.6 Å². The zero-order chi connectivity index (χ0) is 37.4. The second-order valence-electron chi connectivity index (χ2n) is 11.5. The van der Waals surface area contributed by atoms with E-state index in [4.69, 9.17) is 0 Å². The number of carbonyl (C=O) groups excluding carboxylic acids is 3. The van der Waals surface area contributed by atoms with Crippen LogP contribution in [0.4, 0.5) is 16.2 Å². The van der Waals surface area contributed by atoms with E-state index in [2.05, 4.69) is 20.6 Å². The number of fused-ring (bicyclic) bond motifs is 2. The lowest BCUT2D eigenvalue weighted by molar-refractivity contribution is 0.0995. The van der Waals surface area contributed by atoms with Gasteiger partial charge in [0.2, 0.25) is 0 Å². The molecule has 0 saturated carbocycles. The molecule has 0 saturated heterocycles. The highest BCUT2D eigenvalue weighted by molar-refractivity contribution is 7.87. The third-order valence-corrected chi connectivity index (χ3v) is 10.1. The van der Waals surface area contributed by atoms with Gasteiger partial charge in [0.15, 0.2) is 0 Å². The number of urea groups is 1. The highest BCUT2D eigenvalue weighted by Crippen LogP contribution is 2.33. The van der Waals surface area contributed by atoms with Crippen molar-refractivity contribution in [3.05, 3.63) is 154 Å². The number of rotatable bonds is 6. The van der Waals surface area contributed by atoms with E-state index in [9.17, 15) is 50.5 Å². The van der Waals surface area contributed by atoms with Crippen molar-refractivity contribution in [2.24, 2.45) is 9.98 Å². The van der Waals surface area contributed by atoms with E-state index in [1.54, 1.807) is 0 Å². The quantitative estimate of drug-likeness (QED) is 0.220. The van der Waals surface area contributed by atoms with E-state index in [0.29, 0.717) is 11.4 Å². The predicted molar refractivity (Wildman–Crippen MR) is 192 cm³/mol. The minimum absolute atomic E-state index is 0.0572. The number of hydrogen-bond donors (Lipinski definition) is 6. The van der Waals surface area contributed by atoms with Crippen molar-refractivity contribution in [2.75, 3.05) is 10.6 Å². The fourth-order valence-corrected chi connectivity index (χ4v) is 7.08. The lowest BCUT2D eigenvalue weighted by Gasteiger charge is -2.22. The summed E-state index contributed by atoms with van der Waals surface area (Å²) in [5.74, 6) is -1.76. The topological polar surface area (TPSA) is 249 Å². The van der Waals surface area contributed by atoms with Crippen LogP contribution in [0.2, 0.25) is 0 Å². The van der Waals surface area contributed by atoms with Crippen molar-refractivity contribution in [1.29, 1.82) is 0 Å². The molecule has 52 heavy (non-hydrogen) atoms. The van der Waals surface area contributed by atoms with Gasteiger partial charge in [0.25, 0.3) is 32.1 Å². The van der Waals surface area contributed by atoms with Crippen molar-refractivity contribution >= 4 is 60.9 Å². The highest BCUT2D eigenvalue weighted by Gasteiger charge is 2.33. The van der Waals surface area contributed by atoms with Crippen molar-refractivity contribution in [3.63, 3.8) is 0 Å². The van der Waals surface area contributed by atoms with E-state index in [0.717, 1.165) is 24.3 Å². The molecular formula is C35H26N4O11S2. The summed E-state index contributed by atoms with van der Waals surface area (Å²) in [6, 6.07) is 10.8. The van der Waals surface area contributed by atoms with Gasteiger partial charge in [-0.2, -0.15) is 16.8 Å². The van der Waals surface area contributed by atoms with Gasteiger partial charge in [0.05, 0.1) is 11.4 Å². The average molecular weight is 743 g/mol. The van der Waals surface area contributed by atoms with Crippen LogP contribution in [0.1, 0.15) is 20.7 Å². The molecule has 2 aromatic carbocycles. The molecular weight excluding hydrogens is 717 g/mol. The van der Waals surface area contributed by atoms with Crippen LogP contribution >= 0.6 is 0 Å². The lowest BCUT2D eigenvalue weighted by atomic mass is 9.91. The molecule has 0 aliphatic heterocycles. The molecule has 264 valence electrons. The van der Waals surface area contributed by atoms with Crippen LogP contribution in [0.25, 0.3) is 0 Å². The Balaban J connectivity index is 1.06. The number of nitrogens with one attached hydrogen (secondary N) is 2. The molecule has 0 heterocycles. The van der Waals surface area contributed by atoms with Gasteiger partial charge in [-0.15, -0.1) is 0 Å². The number of amides is 4. The van der Waals surface area contributed by atoms with Crippen LogP contribution in [0.5, 0.6) is 0 Å². The summed E-state index contributed by atoms with van der Waals surface area (Å²) in [5.41, 5.74) is 1.59. The Morgan fingerprint density at radius 1 is 0.558 bits per heavy atom. The molecule has 0 aromatic heterocycles. The molecule has 4 amide bonds. The Morgan fingerprint density at radius 3 is 1.27 bits per heavy atom. The summed E-state index contributed by atoms with van der Waals surface area (Å²) in [6.07, 6.45) is 12.7. The molecule has 2 unspecified atom stereocenters. The van der Waals surface area contributed by atoms with Crippen LogP contribution in [-0.4, -0.2) is 75.9 Å². The number of carbonyl (C=O) groups is 3. The normalized spacial score (nSPS) is 21.0. The van der Waals surface area contributed by atoms with E-state index in [1.165, 1.54) is 85.0 Å². The largest absolute Gasteiger partial charge is 0.507 e. The van der Waals surface area contributed by atoms with Crippen molar-refractivity contribution in [1.82, 2.24) is 0 Å². The summed E-state index contributed by atoms with van der Waals surface area (Å²) >= 11 is 0. The second kappa shape index (κ2) is 13.8. The van der Waals surface area contributed by atoms with Crippen molar-refractivity contribution in [2.45, 2.75) is 10.5 Å². The minimum Gasteiger partial charge on any atom is -0.507 e. The van der Waals surface area contributed by atoms with E-state index in [-0.39, 0.29) is 56.4 Å². The first-order chi connectivity index (χ1) is 24.6. The summed E-state index contributed by atoms with van der Waals surface area (Å²) in [6.45, 7) is 0. The Labute approximate surface area is 296 Å². The zero-order valence-corrected chi connectivity index (χ0v) is 28.0. The number of aliphatic hydroxyl groups is 2. The lowest BCUT2D eigenvalue weighted by Crippen LogP contribution is -2.26. The molecule has 4 aliphatic rings. The first kappa shape index (κ1) is 35.6. The number of allylic oxidation sites excluding steroid dienone is 10. The number of aliphatic hydroxyl groups excluding tert-OH is 2. The van der Waals surface area contributed by atoms with Gasteiger partial charge in [-0.25, -0.2) is 14.8 Å². The van der Waals surface area contributed by atoms with Crippen LogP contribution in [0.15, 0.2) is 153 Å². The highest BCUT2D eigenvalue weighted by atomic mass is 32.2. The third kappa shape index (κ3) is 7.72. The maximum atomic E-state index is 12.8. The van der Waals surface area contributed by atoms with Crippen LogP contribution < -0.4 is 10.6 Å². The fraction of sp³-hybridized carbons (Fsp3) is 0.0571. The Morgan fingerprint density at radius 2 is 0.923 bits per heavy atom. The van der Waals surface area contributed by atoms with Crippen molar-refractivity contribution < 1.29 is 50.5 Å². The first-order valence-corrected chi connectivity index (χ1v) is 18.1. The van der Waals surface area contributed by atoms with E-state index < -0.39 is 48.6 Å². The molecule has 17 heteroatoms. The Kier molecular flexibility index (Phi) is 9.44. The summed E-state index contributed by atoms with van der Waals surface area (Å²) in [5, 5.41) is 22.5. The van der Waals surface area contributed by atoms with Gasteiger partial charge in [-0.05, 0) is 108 Å². The van der Waals surface area contributed by atoms with Crippen LogP contribution in [0, 0.1) is 0 Å². The molecule has 4 aliphatic carbocycles. The molecule has 0 radical (unpaired) electrons. The molecule has 15 nitrogen and oxygen atoms in total. The van der Waals surface area contributed by atoms with Crippen LogP contribution in [0.3, 0.4) is 0 Å². The van der Waals surface area contributed by atoms with Gasteiger partial charge >= 0.3 is 6.03 Å². The van der Waals surface area contributed by atoms with E-state index in [1.807, 2.05) is 0 Å². The Bertz CT molecular complexity index is 2290. The van der Waals surface area contributed by atoms with Gasteiger partial charge in [-0.3, -0.25) is 18.7 Å². The first-order valence-electron chi connectivity index (χ1n) is 15.1. The number of hydrogen-bond acceptors (Lipinski definition) is 9. The van der Waals surface area contributed by atoms with E-state index >= 15 is 0 Å². The number of benzene rings is 2. The van der Waals surface area contributed by atoms with Gasteiger partial charge < -0.3 is 20.8 Å². The van der Waals surface area contributed by atoms with Crippen molar-refractivity contribution in [3.8, 4) is 0 Å². The minimum atomic E-state index is -4.54. The average Bonchev–Trinajstić information content (AvgIpc) is 3.08. The predicted octanol–water partition coefficient (Wildman–Crippen LogP) is 4.76. The summed E-state index contributed by atoms with van der Waals surface area (Å²) < 4.78 is 66.5. The fourth-order valence-electron chi connectivity index (χ4n) is 5.49. The maximum Gasteiger partial charge on any atom is 0.323 e. The standard InChI is InChI=1S/C35H26N4O11S2/c40-29-13-15-31(51(45,46)47)27-17-23(9-11-25(27)29)36-33(42)19-1-5-21(6-2-19)38-35(44)39-22-7-3-20(4-8-22)34(43)37-24-10-12-26-28(18-24)32(52(48,49)50)16-14-30(26)41/h1-18,31-32,40-41H,(H2,38,39,44)(H,45,46,47)(H,48,49,50). The summed E-state index contributed by atoms with van der Waals surface area (Å²) in [7, 11) is -9.09. The van der Waals surface area contributed by atoms with Crippen LogP contribution in [-0.2, 0) is 20.2 Å². The third-order valence-electron chi connectivity index (χ3n) is 7.98. The van der Waals surface area contributed by atoms with Gasteiger partial charge in [0.1, 0.15) is 22.0 Å². The molecule has 0 spiro atoms. The maximum absolute atomic E-state index is 12.8. The monoisotopic (exact) mass is 742 g/mol. The second-order valence-corrected chi connectivity index (χ2v) is 14.5. The SMILES string of the molecule is O=C(Nc1ccc(C(=O)N=C2C=CC3=C(O)C=CC(S(=O)(=O)O)C3=C2)cc1)Nc1ccc(C(=O)N=C2C=CC3=C(O)C=CC(S(=O)(=O)O)C3=C2)cc1.